The van der Waals surface area contributed by atoms with Gasteiger partial charge in [0, 0.05) is 30.0 Å². The van der Waals surface area contributed by atoms with Crippen LogP contribution in [0.15, 0.2) is 56.4 Å². The quantitative estimate of drug-likeness (QED) is 0.358. The molecule has 0 bridgehead atoms. The summed E-state index contributed by atoms with van der Waals surface area (Å²) < 4.78 is 29.8. The van der Waals surface area contributed by atoms with E-state index in [1.54, 1.807) is 18.2 Å². The molecule has 1 N–H and O–H groups in total. The average molecular weight is 503 g/mol. The van der Waals surface area contributed by atoms with Gasteiger partial charge in [-0.05, 0) is 56.6 Å². The molecule has 0 amide bonds. The number of rotatable bonds is 7. The maximum Gasteiger partial charge on any atom is 0.342 e. The van der Waals surface area contributed by atoms with Gasteiger partial charge in [-0.3, -0.25) is 4.79 Å². The van der Waals surface area contributed by atoms with Crippen molar-refractivity contribution in [2.45, 2.75) is 25.2 Å². The van der Waals surface area contributed by atoms with E-state index >= 15 is 0 Å². The first-order valence-corrected chi connectivity index (χ1v) is 11.2. The second kappa shape index (κ2) is 10.5. The first-order chi connectivity index (χ1) is 16.5. The van der Waals surface area contributed by atoms with Gasteiger partial charge in [-0.25, -0.2) is 9.18 Å². The first kappa shape index (κ1) is 24.7. The van der Waals surface area contributed by atoms with Crippen LogP contribution in [0.2, 0.25) is 0 Å². The fourth-order valence-corrected chi connectivity index (χ4v) is 4.48. The fraction of sp³-hybridized carbons (Fsp3) is 0.320. The van der Waals surface area contributed by atoms with Gasteiger partial charge < -0.3 is 23.7 Å². The van der Waals surface area contributed by atoms with Crippen molar-refractivity contribution in [1.29, 1.82) is 0 Å². The van der Waals surface area contributed by atoms with Crippen molar-refractivity contribution >= 4 is 40.3 Å². The summed E-state index contributed by atoms with van der Waals surface area (Å²) in [6, 6.07) is 9.32. The number of nitrogens with zero attached hydrogens (tertiary/aromatic N) is 2. The molecule has 35 heavy (non-hydrogen) atoms. The number of benzene rings is 2. The number of aromatic carboxylic acids is 1. The molecule has 0 atom stereocenters. The molecule has 1 aliphatic rings. The van der Waals surface area contributed by atoms with Crippen molar-refractivity contribution in [2.75, 3.05) is 26.2 Å². The van der Waals surface area contributed by atoms with Crippen LogP contribution in [0.3, 0.4) is 0 Å². The summed E-state index contributed by atoms with van der Waals surface area (Å²) in [5.74, 6) is -0.780. The number of hydrogen-bond donors (Lipinski definition) is 1. The second-order valence-corrected chi connectivity index (χ2v) is 8.47. The van der Waals surface area contributed by atoms with Gasteiger partial charge in [0.1, 0.15) is 29.0 Å². The molecule has 0 radical (unpaired) electrons. The number of likely N-dealkylation sites (tertiary alicyclic amines) is 1. The molecule has 0 unspecified atom stereocenters. The number of ether oxygens (including phenoxy) is 1. The van der Waals surface area contributed by atoms with Crippen LogP contribution in [0, 0.1) is 5.82 Å². The van der Waals surface area contributed by atoms with Gasteiger partial charge in [0.2, 0.25) is 5.43 Å². The summed E-state index contributed by atoms with van der Waals surface area (Å²) in [6.45, 7) is 3.27. The average Bonchev–Trinajstić information content (AvgIpc) is 3.25. The highest BCUT2D eigenvalue weighted by Gasteiger charge is 2.25. The second-order valence-electron chi connectivity index (χ2n) is 8.47. The molecule has 5 rings (SSSR count). The van der Waals surface area contributed by atoms with Gasteiger partial charge in [-0.15, -0.1) is 12.4 Å². The van der Waals surface area contributed by atoms with E-state index in [0.29, 0.717) is 23.9 Å². The van der Waals surface area contributed by atoms with Crippen molar-refractivity contribution in [2.24, 2.45) is 0 Å². The minimum absolute atomic E-state index is 0. The van der Waals surface area contributed by atoms with E-state index in [-0.39, 0.29) is 29.2 Å². The summed E-state index contributed by atoms with van der Waals surface area (Å²) in [5.41, 5.74) is 0.726. The van der Waals surface area contributed by atoms with Crippen LogP contribution in [-0.2, 0) is 0 Å². The van der Waals surface area contributed by atoms with Gasteiger partial charge in [0.05, 0.1) is 17.7 Å². The third kappa shape index (κ3) is 5.16. The van der Waals surface area contributed by atoms with E-state index in [4.69, 9.17) is 18.8 Å². The van der Waals surface area contributed by atoms with E-state index in [2.05, 4.69) is 10.1 Å². The largest absolute Gasteiger partial charge is 0.493 e. The minimum Gasteiger partial charge on any atom is -0.493 e. The summed E-state index contributed by atoms with van der Waals surface area (Å²) >= 11 is 0. The number of hydrogen-bond acceptors (Lipinski definition) is 7. The molecule has 0 spiro atoms. The maximum atomic E-state index is 13.4. The molecule has 184 valence electrons. The lowest BCUT2D eigenvalue weighted by molar-refractivity contribution is 0.0693. The Bertz CT molecular complexity index is 1410. The molecule has 8 nitrogen and oxygen atoms in total. The molecule has 0 saturated carbocycles. The highest BCUT2D eigenvalue weighted by molar-refractivity contribution is 5.91. The zero-order valence-corrected chi connectivity index (χ0v) is 19.6. The molecule has 4 aromatic rings. The standard InChI is InChI=1S/C25H23FN2O6.ClH/c26-16-2-4-18-22(12-16)34-27-23(18)15-6-9-28(10-7-15)8-1-11-32-17-3-5-19-21(13-17)33-14-20(24(19)29)25(30)31;/h2-5,12-15H,1,6-11H2,(H,30,31);1H. The Labute approximate surface area is 205 Å². The third-order valence-electron chi connectivity index (χ3n) is 6.30. The molecule has 1 aliphatic heterocycles. The Kier molecular flexibility index (Phi) is 7.37. The zero-order chi connectivity index (χ0) is 23.7. The van der Waals surface area contributed by atoms with E-state index < -0.39 is 17.0 Å². The van der Waals surface area contributed by atoms with E-state index in [1.165, 1.54) is 18.2 Å². The number of carboxylic acids is 1. The fourth-order valence-electron chi connectivity index (χ4n) is 4.48. The van der Waals surface area contributed by atoms with Crippen molar-refractivity contribution < 1.29 is 28.0 Å². The van der Waals surface area contributed by atoms with Gasteiger partial charge in [-0.1, -0.05) is 5.16 Å². The Balaban J connectivity index is 0.00000289. The van der Waals surface area contributed by atoms with Crippen molar-refractivity contribution in [3.05, 3.63) is 70.0 Å². The predicted molar refractivity (Wildman–Crippen MR) is 129 cm³/mol. The summed E-state index contributed by atoms with van der Waals surface area (Å²) in [5, 5.41) is 14.3. The van der Waals surface area contributed by atoms with Crippen molar-refractivity contribution in [1.82, 2.24) is 10.1 Å². The topological polar surface area (TPSA) is 106 Å². The van der Waals surface area contributed by atoms with Crippen LogP contribution >= 0.6 is 12.4 Å². The van der Waals surface area contributed by atoms with Crippen LogP contribution in [0.4, 0.5) is 4.39 Å². The lowest BCUT2D eigenvalue weighted by Crippen LogP contribution is -2.34. The van der Waals surface area contributed by atoms with Gasteiger partial charge in [-0.2, -0.15) is 0 Å². The highest BCUT2D eigenvalue weighted by Crippen LogP contribution is 2.32. The van der Waals surface area contributed by atoms with Crippen LogP contribution in [0.5, 0.6) is 5.75 Å². The van der Waals surface area contributed by atoms with E-state index in [9.17, 15) is 14.0 Å². The molecule has 3 heterocycles. The van der Waals surface area contributed by atoms with Gasteiger partial charge >= 0.3 is 5.97 Å². The van der Waals surface area contributed by atoms with E-state index in [0.717, 1.165) is 56.2 Å². The van der Waals surface area contributed by atoms with Crippen LogP contribution in [-0.4, -0.2) is 47.4 Å². The molecule has 2 aromatic heterocycles. The Hall–Kier alpha value is -3.43. The van der Waals surface area contributed by atoms with Crippen LogP contribution < -0.4 is 10.2 Å². The molecule has 1 fully saturated rings. The smallest absolute Gasteiger partial charge is 0.342 e. The Morgan fingerprint density at radius 2 is 1.91 bits per heavy atom. The Morgan fingerprint density at radius 1 is 1.14 bits per heavy atom. The molecule has 1 saturated heterocycles. The van der Waals surface area contributed by atoms with Crippen molar-refractivity contribution in [3.8, 4) is 5.75 Å². The summed E-state index contributed by atoms with van der Waals surface area (Å²) in [7, 11) is 0. The highest BCUT2D eigenvalue weighted by atomic mass is 35.5. The molecule has 0 aliphatic carbocycles. The molecule has 2 aromatic carbocycles. The van der Waals surface area contributed by atoms with Crippen LogP contribution in [0.25, 0.3) is 21.9 Å². The normalized spacial score (nSPS) is 14.8. The molecular formula is C25H24ClFN2O6. The van der Waals surface area contributed by atoms with Gasteiger partial charge in [0.15, 0.2) is 5.58 Å². The summed E-state index contributed by atoms with van der Waals surface area (Å²) in [6.07, 6.45) is 3.71. The molecular weight excluding hydrogens is 479 g/mol. The third-order valence-corrected chi connectivity index (χ3v) is 6.30. The monoisotopic (exact) mass is 502 g/mol. The summed E-state index contributed by atoms with van der Waals surface area (Å²) in [4.78, 5) is 25.6. The number of carboxylic acid groups (broad SMARTS) is 1. The number of piperidine rings is 1. The van der Waals surface area contributed by atoms with Crippen molar-refractivity contribution in [3.63, 3.8) is 0 Å². The Morgan fingerprint density at radius 3 is 2.69 bits per heavy atom. The number of halogens is 2. The minimum atomic E-state index is -1.32. The SMILES string of the molecule is Cl.O=C(O)c1coc2cc(OCCCN3CCC(c4noc5cc(F)ccc45)CC3)ccc2c1=O. The number of fused-ring (bicyclic) bond motifs is 2. The lowest BCUT2D eigenvalue weighted by atomic mass is 9.91. The first-order valence-electron chi connectivity index (χ1n) is 11.2. The zero-order valence-electron chi connectivity index (χ0n) is 18.7. The lowest BCUT2D eigenvalue weighted by Gasteiger charge is -2.31. The number of carbonyl (C=O) groups is 1. The maximum absolute atomic E-state index is 13.4. The molecule has 10 heteroatoms. The number of aromatic nitrogens is 1. The predicted octanol–water partition coefficient (Wildman–Crippen LogP) is 4.84. The van der Waals surface area contributed by atoms with Crippen LogP contribution in [0.1, 0.15) is 41.2 Å². The van der Waals surface area contributed by atoms with E-state index in [1.807, 2.05) is 0 Å². The van der Waals surface area contributed by atoms with Gasteiger partial charge in [0.25, 0.3) is 0 Å².